The summed E-state index contributed by atoms with van der Waals surface area (Å²) in [6, 6.07) is 7.44. The Morgan fingerprint density at radius 2 is 2.24 bits per heavy atom. The van der Waals surface area contributed by atoms with Gasteiger partial charge in [0.15, 0.2) is 0 Å². The molecule has 2 aliphatic heterocycles. The Labute approximate surface area is 146 Å². The van der Waals surface area contributed by atoms with E-state index in [4.69, 9.17) is 9.47 Å². The number of amides is 1. The van der Waals surface area contributed by atoms with Crippen molar-refractivity contribution in [2.75, 3.05) is 26.3 Å². The number of rotatable bonds is 4. The first-order valence-corrected chi connectivity index (χ1v) is 8.55. The molecule has 0 unspecified atom stereocenters. The molecule has 2 aromatic heterocycles. The van der Waals surface area contributed by atoms with Crippen LogP contribution in [0.15, 0.2) is 42.9 Å². The Bertz CT molecular complexity index is 742. The van der Waals surface area contributed by atoms with Crippen LogP contribution in [0.3, 0.4) is 0 Å². The Hall–Kier alpha value is -2.47. The highest BCUT2D eigenvalue weighted by Crippen LogP contribution is 2.40. The minimum absolute atomic E-state index is 0.0144. The van der Waals surface area contributed by atoms with Crippen LogP contribution < -0.4 is 4.74 Å². The normalized spacial score (nSPS) is 21.2. The maximum absolute atomic E-state index is 12.6. The van der Waals surface area contributed by atoms with Crippen LogP contribution in [0.1, 0.15) is 22.5 Å². The van der Waals surface area contributed by atoms with Gasteiger partial charge in [0.25, 0.3) is 5.91 Å². The van der Waals surface area contributed by atoms with Gasteiger partial charge in [0.05, 0.1) is 31.5 Å². The summed E-state index contributed by atoms with van der Waals surface area (Å²) in [5, 5.41) is 0. The molecule has 2 saturated heterocycles. The molecule has 25 heavy (non-hydrogen) atoms. The third kappa shape index (κ3) is 3.09. The zero-order chi connectivity index (χ0) is 17.3. The van der Waals surface area contributed by atoms with E-state index in [1.807, 2.05) is 36.1 Å². The molecule has 6 heteroatoms. The monoisotopic (exact) mass is 339 g/mol. The fourth-order valence-electron chi connectivity index (χ4n) is 3.52. The van der Waals surface area contributed by atoms with E-state index in [0.29, 0.717) is 25.3 Å². The smallest absolute Gasteiger partial charge is 0.255 e. The van der Waals surface area contributed by atoms with Gasteiger partial charge in [-0.3, -0.25) is 14.8 Å². The molecule has 0 aliphatic carbocycles. The fourth-order valence-corrected chi connectivity index (χ4v) is 3.52. The predicted octanol–water partition coefficient (Wildman–Crippen LogP) is 2.10. The van der Waals surface area contributed by atoms with Gasteiger partial charge in [-0.05, 0) is 37.6 Å². The summed E-state index contributed by atoms with van der Waals surface area (Å²) in [5.41, 5.74) is 1.26. The molecule has 4 rings (SSSR count). The number of aryl methyl sites for hydroxylation is 1. The standard InChI is InChI=1S/C19H21N3O3/c1-14-4-5-15(9-21-14)18(23)22-12-19(13-22)16(6-8-25-19)11-24-17-3-2-7-20-10-17/h2-5,7,9-10,16H,6,8,11-13H2,1H3/t16-/m0/s1. The van der Waals surface area contributed by atoms with Crippen molar-refractivity contribution < 1.29 is 14.3 Å². The van der Waals surface area contributed by atoms with Crippen LogP contribution in [0.2, 0.25) is 0 Å². The van der Waals surface area contributed by atoms with E-state index in [1.54, 1.807) is 18.6 Å². The lowest BCUT2D eigenvalue weighted by molar-refractivity contribution is -0.122. The van der Waals surface area contributed by atoms with Gasteiger partial charge in [0.1, 0.15) is 11.4 Å². The summed E-state index contributed by atoms with van der Waals surface area (Å²) in [5.74, 6) is 1.07. The van der Waals surface area contributed by atoms with Gasteiger partial charge in [-0.15, -0.1) is 0 Å². The van der Waals surface area contributed by atoms with Gasteiger partial charge in [-0.1, -0.05) is 0 Å². The van der Waals surface area contributed by atoms with Crippen LogP contribution in [-0.4, -0.2) is 52.7 Å². The fraction of sp³-hybridized carbons (Fsp3) is 0.421. The lowest BCUT2D eigenvalue weighted by atomic mass is 9.81. The number of likely N-dealkylation sites (tertiary alicyclic amines) is 1. The van der Waals surface area contributed by atoms with E-state index in [2.05, 4.69) is 9.97 Å². The number of nitrogens with zero attached hydrogens (tertiary/aromatic N) is 3. The first-order chi connectivity index (χ1) is 12.2. The van der Waals surface area contributed by atoms with Gasteiger partial charge in [0.2, 0.25) is 0 Å². The summed E-state index contributed by atoms with van der Waals surface area (Å²) in [6.45, 7) is 4.43. The van der Waals surface area contributed by atoms with E-state index in [1.165, 1.54) is 0 Å². The average Bonchev–Trinajstić information content (AvgIpc) is 3.03. The summed E-state index contributed by atoms with van der Waals surface area (Å²) in [4.78, 5) is 22.6. The number of hydrogen-bond acceptors (Lipinski definition) is 5. The van der Waals surface area contributed by atoms with Gasteiger partial charge >= 0.3 is 0 Å². The van der Waals surface area contributed by atoms with Crippen LogP contribution in [0.5, 0.6) is 5.75 Å². The zero-order valence-corrected chi connectivity index (χ0v) is 14.2. The van der Waals surface area contributed by atoms with Crippen molar-refractivity contribution in [3.63, 3.8) is 0 Å². The molecule has 1 amide bonds. The van der Waals surface area contributed by atoms with Crippen molar-refractivity contribution in [3.05, 3.63) is 54.1 Å². The molecule has 0 bridgehead atoms. The number of hydrogen-bond donors (Lipinski definition) is 0. The topological polar surface area (TPSA) is 64.6 Å². The molecule has 0 saturated carbocycles. The maximum atomic E-state index is 12.6. The Morgan fingerprint density at radius 3 is 2.96 bits per heavy atom. The van der Waals surface area contributed by atoms with E-state index in [9.17, 15) is 4.79 Å². The summed E-state index contributed by atoms with van der Waals surface area (Å²) in [6.07, 6.45) is 6.03. The van der Waals surface area contributed by atoms with Gasteiger partial charge in [-0.2, -0.15) is 0 Å². The van der Waals surface area contributed by atoms with Crippen molar-refractivity contribution in [3.8, 4) is 5.75 Å². The number of pyridine rings is 2. The molecule has 130 valence electrons. The van der Waals surface area contributed by atoms with Crippen molar-refractivity contribution in [2.24, 2.45) is 5.92 Å². The Kier molecular flexibility index (Phi) is 4.13. The highest BCUT2D eigenvalue weighted by molar-refractivity contribution is 5.94. The summed E-state index contributed by atoms with van der Waals surface area (Å²) < 4.78 is 11.9. The zero-order valence-electron chi connectivity index (χ0n) is 14.2. The van der Waals surface area contributed by atoms with Crippen LogP contribution in [0, 0.1) is 12.8 Å². The van der Waals surface area contributed by atoms with E-state index in [0.717, 1.165) is 24.5 Å². The van der Waals surface area contributed by atoms with E-state index < -0.39 is 0 Å². The minimum Gasteiger partial charge on any atom is -0.492 e. The average molecular weight is 339 g/mol. The molecule has 1 spiro atoms. The SMILES string of the molecule is Cc1ccc(C(=O)N2CC3(C2)OCC[C@H]3COc2cccnc2)cn1. The van der Waals surface area contributed by atoms with Crippen LogP contribution >= 0.6 is 0 Å². The van der Waals surface area contributed by atoms with Crippen molar-refractivity contribution in [1.29, 1.82) is 0 Å². The maximum Gasteiger partial charge on any atom is 0.255 e. The third-order valence-electron chi connectivity index (χ3n) is 5.05. The van der Waals surface area contributed by atoms with Crippen LogP contribution in [0.4, 0.5) is 0 Å². The lowest BCUT2D eigenvalue weighted by Gasteiger charge is -2.50. The summed E-state index contributed by atoms with van der Waals surface area (Å²) in [7, 11) is 0. The first-order valence-electron chi connectivity index (χ1n) is 8.55. The van der Waals surface area contributed by atoms with Crippen LogP contribution in [0.25, 0.3) is 0 Å². The van der Waals surface area contributed by atoms with Gasteiger partial charge in [-0.25, -0.2) is 0 Å². The number of carbonyl (C=O) groups is 1. The number of carbonyl (C=O) groups excluding carboxylic acids is 1. The molecule has 6 nitrogen and oxygen atoms in total. The molecule has 2 aliphatic rings. The molecule has 0 aromatic carbocycles. The van der Waals surface area contributed by atoms with Crippen molar-refractivity contribution in [1.82, 2.24) is 14.9 Å². The molecule has 0 radical (unpaired) electrons. The first kappa shape index (κ1) is 16.0. The highest BCUT2D eigenvalue weighted by Gasteiger charge is 2.54. The summed E-state index contributed by atoms with van der Waals surface area (Å²) >= 11 is 0. The van der Waals surface area contributed by atoms with Crippen molar-refractivity contribution >= 4 is 5.91 Å². The van der Waals surface area contributed by atoms with Gasteiger partial charge in [0, 0.05) is 30.6 Å². The van der Waals surface area contributed by atoms with Crippen molar-refractivity contribution in [2.45, 2.75) is 18.9 Å². The predicted molar refractivity (Wildman–Crippen MR) is 91.4 cm³/mol. The molecule has 1 atom stereocenters. The Balaban J connectivity index is 1.37. The quantitative estimate of drug-likeness (QED) is 0.853. The van der Waals surface area contributed by atoms with Gasteiger partial charge < -0.3 is 14.4 Å². The van der Waals surface area contributed by atoms with E-state index in [-0.39, 0.29) is 17.4 Å². The number of aromatic nitrogens is 2. The largest absolute Gasteiger partial charge is 0.492 e. The molecular weight excluding hydrogens is 318 g/mol. The second kappa shape index (κ2) is 6.44. The highest BCUT2D eigenvalue weighted by atomic mass is 16.5. The lowest BCUT2D eigenvalue weighted by Crippen LogP contribution is -2.66. The number of ether oxygens (including phenoxy) is 2. The molecule has 2 aromatic rings. The third-order valence-corrected chi connectivity index (χ3v) is 5.05. The molecular formula is C19H21N3O3. The van der Waals surface area contributed by atoms with Crippen LogP contribution in [-0.2, 0) is 4.74 Å². The van der Waals surface area contributed by atoms with E-state index >= 15 is 0 Å². The molecule has 0 N–H and O–H groups in total. The second-order valence-electron chi connectivity index (χ2n) is 6.75. The minimum atomic E-state index is -0.268. The molecule has 4 heterocycles. The molecule has 2 fully saturated rings. The second-order valence-corrected chi connectivity index (χ2v) is 6.75. The Morgan fingerprint density at radius 1 is 1.36 bits per heavy atom.